The summed E-state index contributed by atoms with van der Waals surface area (Å²) in [4.78, 5) is 43.5. The Morgan fingerprint density at radius 2 is 1.63 bits per heavy atom. The zero-order valence-corrected chi connectivity index (χ0v) is 35.1. The number of nitrogens with zero attached hydrogens (tertiary/aromatic N) is 4. The number of unbranched alkanes of at least 4 members (excludes halogenated alkanes) is 2. The molecule has 0 spiro atoms. The predicted molar refractivity (Wildman–Crippen MR) is 229 cm³/mol. The minimum absolute atomic E-state index is 0.000219. The molecule has 1 amide bonds. The fourth-order valence-corrected chi connectivity index (χ4v) is 9.12. The molecule has 6 rings (SSSR count). The van der Waals surface area contributed by atoms with Gasteiger partial charge in [-0.05, 0) is 79.5 Å². The zero-order valence-electron chi connectivity index (χ0n) is 35.1. The molecule has 0 radical (unpaired) electrons. The van der Waals surface area contributed by atoms with Gasteiger partial charge in [0.1, 0.15) is 36.1 Å². The number of aliphatic hydroxyl groups excluding tert-OH is 3. The Hall–Kier alpha value is -5.92. The van der Waals surface area contributed by atoms with Crippen LogP contribution in [0.3, 0.4) is 0 Å². The van der Waals surface area contributed by atoms with E-state index in [0.717, 1.165) is 24.0 Å². The number of hydrogen-bond acceptors (Lipinski definition) is 15. The third-order valence-electron chi connectivity index (χ3n) is 11.7. The molecule has 2 aliphatic carbocycles. The van der Waals surface area contributed by atoms with Crippen LogP contribution in [-0.4, -0.2) is 107 Å². The third kappa shape index (κ3) is 10.7. The molecule has 1 heterocycles. The van der Waals surface area contributed by atoms with Crippen molar-refractivity contribution >= 4 is 23.2 Å². The molecule has 1 aliphatic heterocycles. The van der Waals surface area contributed by atoms with E-state index in [9.17, 15) is 40.3 Å². The van der Waals surface area contributed by atoms with Crippen molar-refractivity contribution in [3.8, 4) is 23.0 Å². The van der Waals surface area contributed by atoms with Crippen LogP contribution >= 0.6 is 0 Å². The molecule has 18 heteroatoms. The van der Waals surface area contributed by atoms with Gasteiger partial charge in [0, 0.05) is 55.9 Å². The van der Waals surface area contributed by atoms with E-state index in [1.807, 2.05) is 6.07 Å². The fraction of sp³-hybridized carbons (Fsp3) is 0.467. The van der Waals surface area contributed by atoms with Crippen LogP contribution in [0.15, 0.2) is 96.2 Å². The molecule has 63 heavy (non-hydrogen) atoms. The van der Waals surface area contributed by atoms with Crippen molar-refractivity contribution in [2.24, 2.45) is 22.9 Å². The maximum Gasteiger partial charge on any atom is 0.415 e. The van der Waals surface area contributed by atoms with E-state index in [1.165, 1.54) is 48.4 Å². The SMILES string of the molecule is C=CCOC12Oc3ccc(Oc4cccc([N+](=O)[O-])c4)cc3C3C(CCCCO)C(CCCCO)C=C(C(=NOC)CC1N(CCOCCO)C(=O)Oc1ccc([N+](=O)[O-])cc1)C32. The summed E-state index contributed by atoms with van der Waals surface area (Å²) >= 11 is 0. The van der Waals surface area contributed by atoms with E-state index >= 15 is 0 Å². The van der Waals surface area contributed by atoms with E-state index in [1.54, 1.807) is 30.3 Å². The second kappa shape index (κ2) is 21.9. The van der Waals surface area contributed by atoms with Gasteiger partial charge in [-0.2, -0.15) is 0 Å². The summed E-state index contributed by atoms with van der Waals surface area (Å²) in [6.45, 7) is 3.62. The fourth-order valence-electron chi connectivity index (χ4n) is 9.12. The van der Waals surface area contributed by atoms with Gasteiger partial charge in [-0.3, -0.25) is 25.1 Å². The quantitative estimate of drug-likeness (QED) is 0.0374. The van der Waals surface area contributed by atoms with Crippen molar-refractivity contribution in [2.45, 2.75) is 62.7 Å². The molecule has 0 aromatic heterocycles. The maximum absolute atomic E-state index is 14.6. The monoisotopic (exact) mass is 874 g/mol. The van der Waals surface area contributed by atoms with Gasteiger partial charge in [-0.1, -0.05) is 36.2 Å². The molecular formula is C45H54N4O14. The van der Waals surface area contributed by atoms with Crippen molar-refractivity contribution in [3.63, 3.8) is 0 Å². The van der Waals surface area contributed by atoms with Crippen molar-refractivity contribution in [2.75, 3.05) is 53.3 Å². The van der Waals surface area contributed by atoms with Crippen LogP contribution in [0.4, 0.5) is 16.2 Å². The molecule has 3 aliphatic rings. The Morgan fingerprint density at radius 3 is 2.32 bits per heavy atom. The molecule has 18 nitrogen and oxygen atoms in total. The number of amides is 1. The summed E-state index contributed by atoms with van der Waals surface area (Å²) in [6, 6.07) is 15.3. The molecular weight excluding hydrogens is 821 g/mol. The molecule has 1 saturated carbocycles. The summed E-state index contributed by atoms with van der Waals surface area (Å²) in [6.07, 6.45) is 6.94. The molecule has 6 unspecified atom stereocenters. The van der Waals surface area contributed by atoms with Gasteiger partial charge in [0.05, 0.1) is 54.0 Å². The Bertz CT molecular complexity index is 2130. The van der Waals surface area contributed by atoms with Crippen LogP contribution in [0.2, 0.25) is 0 Å². The van der Waals surface area contributed by atoms with Crippen molar-refractivity contribution in [1.82, 2.24) is 4.90 Å². The highest BCUT2D eigenvalue weighted by Gasteiger charge is 2.65. The van der Waals surface area contributed by atoms with Crippen LogP contribution in [0.25, 0.3) is 0 Å². The average molecular weight is 875 g/mol. The largest absolute Gasteiger partial charge is 0.459 e. The number of fused-ring (bicyclic) bond motifs is 2. The van der Waals surface area contributed by atoms with Crippen LogP contribution < -0.4 is 14.2 Å². The average Bonchev–Trinajstić information content (AvgIpc) is 3.27. The normalized spacial score (nSPS) is 22.8. The lowest BCUT2D eigenvalue weighted by molar-refractivity contribution is -0.385. The van der Waals surface area contributed by atoms with Gasteiger partial charge in [0.25, 0.3) is 11.4 Å². The number of non-ortho nitro benzene ring substituents is 2. The maximum atomic E-state index is 14.6. The number of benzene rings is 3. The van der Waals surface area contributed by atoms with Crippen LogP contribution in [0, 0.1) is 38.0 Å². The predicted octanol–water partition coefficient (Wildman–Crippen LogP) is 7.07. The topological polar surface area (TPSA) is 235 Å². The van der Waals surface area contributed by atoms with Crippen molar-refractivity contribution in [3.05, 3.63) is 117 Å². The molecule has 0 bridgehead atoms. The number of carbonyl (C=O) groups excluding carboxylic acids is 1. The Morgan fingerprint density at radius 1 is 0.921 bits per heavy atom. The van der Waals surface area contributed by atoms with Gasteiger partial charge in [0.15, 0.2) is 0 Å². The lowest BCUT2D eigenvalue weighted by Gasteiger charge is -2.59. The van der Waals surface area contributed by atoms with Crippen LogP contribution in [-0.2, 0) is 14.3 Å². The number of allylic oxidation sites excluding steroid dienone is 1. The number of carbonyl (C=O) groups is 1. The summed E-state index contributed by atoms with van der Waals surface area (Å²) in [5, 5.41) is 56.8. The van der Waals surface area contributed by atoms with Gasteiger partial charge in [-0.15, -0.1) is 6.58 Å². The molecule has 3 aromatic carbocycles. The van der Waals surface area contributed by atoms with Gasteiger partial charge in [0.2, 0.25) is 5.79 Å². The Kier molecular flexibility index (Phi) is 16.2. The molecule has 6 atom stereocenters. The Labute approximate surface area is 364 Å². The van der Waals surface area contributed by atoms with E-state index in [-0.39, 0.29) is 87.3 Å². The standard InChI is InChI=1S/C45H54N4O14/c1-3-23-60-45-41(47(19-24-59-25-22-52)44(53)62-33-15-13-31(14-16-33)48(54)55)29-39(46-58-2)37-26-30(9-4-6-20-50)36(12-5-7-21-51)42(43(37)45)38-28-35(17-18-40(38)63-45)61-34-11-8-10-32(27-34)49(56)57/h3,8,10-11,13-18,26-28,30,36,41-43,50-52H,1,4-7,9,12,19-25,29H2,2H3. The first-order valence-corrected chi connectivity index (χ1v) is 21.0. The highest BCUT2D eigenvalue weighted by Crippen LogP contribution is 2.62. The first-order chi connectivity index (χ1) is 30.6. The summed E-state index contributed by atoms with van der Waals surface area (Å²) < 4.78 is 32.0. The van der Waals surface area contributed by atoms with E-state index in [0.29, 0.717) is 42.9 Å². The number of nitro benzene ring substituents is 2. The molecule has 0 saturated heterocycles. The second-order valence-corrected chi connectivity index (χ2v) is 15.5. The van der Waals surface area contributed by atoms with E-state index in [2.05, 4.69) is 17.8 Å². The molecule has 3 aromatic rings. The number of hydrogen-bond donors (Lipinski definition) is 3. The highest BCUT2D eigenvalue weighted by molar-refractivity contribution is 6.03. The first kappa shape index (κ1) is 46.6. The number of aliphatic hydroxyl groups is 3. The number of ether oxygens (including phenoxy) is 5. The van der Waals surface area contributed by atoms with Crippen molar-refractivity contribution in [1.29, 1.82) is 0 Å². The highest BCUT2D eigenvalue weighted by atomic mass is 16.7. The van der Waals surface area contributed by atoms with Gasteiger partial charge in [-0.25, -0.2) is 4.79 Å². The lowest BCUT2D eigenvalue weighted by Crippen LogP contribution is -2.70. The second-order valence-electron chi connectivity index (χ2n) is 15.5. The third-order valence-corrected chi connectivity index (χ3v) is 11.7. The minimum Gasteiger partial charge on any atom is -0.459 e. The first-order valence-electron chi connectivity index (χ1n) is 21.0. The molecule has 3 N–H and O–H groups in total. The number of rotatable bonds is 23. The lowest BCUT2D eigenvalue weighted by atomic mass is 9.55. The van der Waals surface area contributed by atoms with E-state index in [4.69, 9.17) is 28.5 Å². The molecule has 338 valence electrons. The summed E-state index contributed by atoms with van der Waals surface area (Å²) in [5.41, 5.74) is 1.75. The Balaban J connectivity index is 1.55. The van der Waals surface area contributed by atoms with Crippen molar-refractivity contribution < 1.29 is 58.5 Å². The van der Waals surface area contributed by atoms with Gasteiger partial charge < -0.3 is 43.8 Å². The smallest absolute Gasteiger partial charge is 0.415 e. The van der Waals surface area contributed by atoms with Crippen LogP contribution in [0.5, 0.6) is 23.0 Å². The summed E-state index contributed by atoms with van der Waals surface area (Å²) in [7, 11) is 1.43. The minimum atomic E-state index is -1.65. The number of oxime groups is 1. The number of nitro groups is 2. The van der Waals surface area contributed by atoms with Gasteiger partial charge >= 0.3 is 6.09 Å². The zero-order chi connectivity index (χ0) is 44.9. The summed E-state index contributed by atoms with van der Waals surface area (Å²) in [5.74, 6) is -1.76. The van der Waals surface area contributed by atoms with Crippen LogP contribution in [0.1, 0.15) is 56.4 Å². The van der Waals surface area contributed by atoms with E-state index < -0.39 is 39.6 Å². The molecule has 1 fully saturated rings.